The van der Waals surface area contributed by atoms with Crippen LogP contribution >= 0.6 is 11.6 Å². The van der Waals surface area contributed by atoms with E-state index in [4.69, 9.17) is 16.3 Å². The minimum absolute atomic E-state index is 0.374. The molecule has 0 aromatic heterocycles. The zero-order valence-electron chi connectivity index (χ0n) is 9.81. The van der Waals surface area contributed by atoms with Gasteiger partial charge in [-0.05, 0) is 36.2 Å². The normalized spacial score (nSPS) is 16.4. The highest BCUT2D eigenvalue weighted by atomic mass is 35.5. The van der Waals surface area contributed by atoms with Crippen LogP contribution in [0.2, 0.25) is 0 Å². The summed E-state index contributed by atoms with van der Waals surface area (Å²) in [6.07, 6.45) is 0. The van der Waals surface area contributed by atoms with Crippen molar-refractivity contribution in [1.29, 1.82) is 0 Å². The lowest BCUT2D eigenvalue weighted by Gasteiger charge is -2.27. The number of rotatable bonds is 1. The van der Waals surface area contributed by atoms with E-state index in [0.29, 0.717) is 11.5 Å². The van der Waals surface area contributed by atoms with Gasteiger partial charge in [-0.1, -0.05) is 30.3 Å². The minimum Gasteiger partial charge on any atom is -0.457 e. The smallest absolute Gasteiger partial charge is 0.233 e. The summed E-state index contributed by atoms with van der Waals surface area (Å²) in [5, 5.41) is -0.374. The Labute approximate surface area is 110 Å². The van der Waals surface area contributed by atoms with Crippen LogP contribution in [-0.2, 0) is 4.79 Å². The van der Waals surface area contributed by atoms with E-state index in [2.05, 4.69) is 0 Å². The topological polar surface area (TPSA) is 26.3 Å². The predicted molar refractivity (Wildman–Crippen MR) is 70.4 cm³/mol. The summed E-state index contributed by atoms with van der Waals surface area (Å²) >= 11 is 5.79. The second-order valence-electron chi connectivity index (χ2n) is 4.36. The predicted octanol–water partition coefficient (Wildman–Crippen LogP) is 4.00. The zero-order chi connectivity index (χ0) is 12.7. The van der Waals surface area contributed by atoms with Gasteiger partial charge < -0.3 is 4.74 Å². The third kappa shape index (κ3) is 1.61. The maximum Gasteiger partial charge on any atom is 0.233 e. The summed E-state index contributed by atoms with van der Waals surface area (Å²) in [5.74, 6) is 0.982. The van der Waals surface area contributed by atoms with Gasteiger partial charge in [0.1, 0.15) is 11.5 Å². The lowest BCUT2D eigenvalue weighted by molar-refractivity contribution is -0.112. The van der Waals surface area contributed by atoms with Crippen LogP contribution < -0.4 is 4.74 Å². The highest BCUT2D eigenvalue weighted by Crippen LogP contribution is 2.46. The number of para-hydroxylation sites is 1. The molecule has 0 radical (unpaired) electrons. The van der Waals surface area contributed by atoms with Crippen LogP contribution in [0.3, 0.4) is 0 Å². The molecule has 0 fully saturated rings. The number of fused-ring (bicyclic) bond motifs is 2. The Balaban J connectivity index is 2.28. The van der Waals surface area contributed by atoms with E-state index < -0.39 is 5.92 Å². The Bertz CT molecular complexity index is 634. The molecule has 3 rings (SSSR count). The van der Waals surface area contributed by atoms with Crippen molar-refractivity contribution in [3.05, 3.63) is 59.2 Å². The molecule has 1 unspecified atom stereocenters. The van der Waals surface area contributed by atoms with Gasteiger partial charge >= 0.3 is 0 Å². The van der Waals surface area contributed by atoms with E-state index in [0.717, 1.165) is 16.7 Å². The van der Waals surface area contributed by atoms with Crippen LogP contribution in [0.15, 0.2) is 42.5 Å². The highest BCUT2D eigenvalue weighted by molar-refractivity contribution is 6.65. The molecule has 90 valence electrons. The maximum absolute atomic E-state index is 11.8. The second kappa shape index (κ2) is 4.14. The first-order valence-electron chi connectivity index (χ1n) is 5.74. The molecule has 0 amide bonds. The lowest BCUT2D eigenvalue weighted by Crippen LogP contribution is -2.16. The van der Waals surface area contributed by atoms with Gasteiger partial charge in [0.15, 0.2) is 0 Å². The van der Waals surface area contributed by atoms with Crippen molar-refractivity contribution in [3.8, 4) is 11.5 Å². The van der Waals surface area contributed by atoms with E-state index >= 15 is 0 Å². The van der Waals surface area contributed by atoms with Crippen LogP contribution in [0.4, 0.5) is 0 Å². The Morgan fingerprint density at radius 3 is 2.61 bits per heavy atom. The first-order chi connectivity index (χ1) is 8.68. The Kier molecular flexibility index (Phi) is 2.60. The van der Waals surface area contributed by atoms with Crippen molar-refractivity contribution in [2.45, 2.75) is 12.8 Å². The molecule has 2 nitrogen and oxygen atoms in total. The zero-order valence-corrected chi connectivity index (χ0v) is 10.6. The lowest BCUT2D eigenvalue weighted by atomic mass is 9.86. The van der Waals surface area contributed by atoms with Gasteiger partial charge in [-0.2, -0.15) is 0 Å². The molecular weight excluding hydrogens is 248 g/mol. The van der Waals surface area contributed by atoms with Crippen molar-refractivity contribution in [2.24, 2.45) is 0 Å². The molecule has 2 aromatic carbocycles. The van der Waals surface area contributed by atoms with Gasteiger partial charge in [0, 0.05) is 11.1 Å². The maximum atomic E-state index is 11.8. The number of aryl methyl sites for hydroxylation is 1. The summed E-state index contributed by atoms with van der Waals surface area (Å²) in [4.78, 5) is 11.8. The summed E-state index contributed by atoms with van der Waals surface area (Å²) in [6.45, 7) is 1.96. The molecule has 18 heavy (non-hydrogen) atoms. The third-order valence-electron chi connectivity index (χ3n) is 3.25. The molecule has 1 aliphatic heterocycles. The van der Waals surface area contributed by atoms with Gasteiger partial charge in [0.2, 0.25) is 5.24 Å². The van der Waals surface area contributed by atoms with Crippen LogP contribution in [-0.4, -0.2) is 5.24 Å². The fourth-order valence-electron chi connectivity index (χ4n) is 2.43. The number of carbonyl (C=O) groups is 1. The second-order valence-corrected chi connectivity index (χ2v) is 4.74. The Hall–Kier alpha value is -1.80. The Morgan fingerprint density at radius 1 is 1.11 bits per heavy atom. The highest BCUT2D eigenvalue weighted by Gasteiger charge is 2.32. The van der Waals surface area contributed by atoms with Gasteiger partial charge in [-0.15, -0.1) is 0 Å². The third-order valence-corrected chi connectivity index (χ3v) is 3.47. The average Bonchev–Trinajstić information content (AvgIpc) is 2.36. The molecule has 0 N–H and O–H groups in total. The van der Waals surface area contributed by atoms with Crippen molar-refractivity contribution < 1.29 is 9.53 Å². The van der Waals surface area contributed by atoms with Gasteiger partial charge in [-0.25, -0.2) is 0 Å². The van der Waals surface area contributed by atoms with Crippen molar-refractivity contribution >= 4 is 16.8 Å². The van der Waals surface area contributed by atoms with E-state index in [9.17, 15) is 4.79 Å². The van der Waals surface area contributed by atoms with E-state index in [1.807, 2.05) is 49.4 Å². The summed E-state index contributed by atoms with van der Waals surface area (Å²) in [5.41, 5.74) is 2.72. The van der Waals surface area contributed by atoms with Crippen molar-refractivity contribution in [2.75, 3.05) is 0 Å². The van der Waals surface area contributed by atoms with E-state index in [1.54, 1.807) is 0 Å². The molecule has 2 aromatic rings. The summed E-state index contributed by atoms with van der Waals surface area (Å²) in [6, 6.07) is 13.3. The number of hydrogen-bond acceptors (Lipinski definition) is 2. The van der Waals surface area contributed by atoms with Gasteiger partial charge in [0.05, 0.1) is 5.92 Å². The van der Waals surface area contributed by atoms with Crippen LogP contribution in [0.1, 0.15) is 22.6 Å². The first-order valence-corrected chi connectivity index (χ1v) is 6.12. The van der Waals surface area contributed by atoms with Crippen LogP contribution in [0, 0.1) is 6.92 Å². The molecule has 0 bridgehead atoms. The van der Waals surface area contributed by atoms with Crippen LogP contribution in [0.5, 0.6) is 11.5 Å². The summed E-state index contributed by atoms with van der Waals surface area (Å²) in [7, 11) is 0. The largest absolute Gasteiger partial charge is 0.457 e. The van der Waals surface area contributed by atoms with Crippen LogP contribution in [0.25, 0.3) is 0 Å². The quantitative estimate of drug-likeness (QED) is 0.723. The molecular formula is C15H11ClO2. The van der Waals surface area contributed by atoms with E-state index in [-0.39, 0.29) is 5.24 Å². The molecule has 1 atom stereocenters. The minimum atomic E-state index is -0.437. The summed E-state index contributed by atoms with van der Waals surface area (Å²) < 4.78 is 5.83. The number of carbonyl (C=O) groups excluding carboxylic acids is 1. The molecule has 1 heterocycles. The molecule has 0 spiro atoms. The van der Waals surface area contributed by atoms with Gasteiger partial charge in [0.25, 0.3) is 0 Å². The van der Waals surface area contributed by atoms with Crippen molar-refractivity contribution in [3.63, 3.8) is 0 Å². The molecule has 1 aliphatic rings. The standard InChI is InChI=1S/C15H11ClO2/c1-9-5-4-8-12-13(9)14(15(16)17)10-6-2-3-7-11(10)18-12/h2-8,14H,1H3. The Morgan fingerprint density at radius 2 is 1.83 bits per heavy atom. The molecule has 0 saturated carbocycles. The molecule has 3 heteroatoms. The van der Waals surface area contributed by atoms with Crippen molar-refractivity contribution in [1.82, 2.24) is 0 Å². The van der Waals surface area contributed by atoms with Gasteiger partial charge in [-0.3, -0.25) is 4.79 Å². The average molecular weight is 259 g/mol. The fraction of sp³-hybridized carbons (Fsp3) is 0.133. The molecule has 0 saturated heterocycles. The monoisotopic (exact) mass is 258 g/mol. The SMILES string of the molecule is Cc1cccc2c1C(C(=O)Cl)c1ccccc1O2. The number of benzene rings is 2. The van der Waals surface area contributed by atoms with E-state index in [1.165, 1.54) is 0 Å². The first kappa shape index (κ1) is 11.3. The number of hydrogen-bond donors (Lipinski definition) is 0. The fourth-order valence-corrected chi connectivity index (χ4v) is 2.66. The molecule has 0 aliphatic carbocycles. The number of halogens is 1. The number of ether oxygens (including phenoxy) is 1.